The molecule has 1 amide bonds. The number of nitrogens with zero attached hydrogens (tertiary/aromatic N) is 1. The third kappa shape index (κ3) is 8.74. The van der Waals surface area contributed by atoms with Gasteiger partial charge in [-0.05, 0) is 40.0 Å². The summed E-state index contributed by atoms with van der Waals surface area (Å²) in [5.74, 6) is 0.0486. The maximum Gasteiger partial charge on any atom is 0.329 e. The summed E-state index contributed by atoms with van der Waals surface area (Å²) in [6.45, 7) is 14.1. The van der Waals surface area contributed by atoms with Crippen molar-refractivity contribution < 1.29 is 14.3 Å². The van der Waals surface area contributed by atoms with Crippen molar-refractivity contribution in [3.05, 3.63) is 0 Å². The molecule has 21 heavy (non-hydrogen) atoms. The number of carbonyl (C=O) groups is 2. The minimum atomic E-state index is -0.528. The zero-order valence-corrected chi connectivity index (χ0v) is 14.9. The first-order chi connectivity index (χ1) is 9.58. The highest BCUT2D eigenvalue weighted by Gasteiger charge is 2.29. The van der Waals surface area contributed by atoms with E-state index >= 15 is 0 Å². The Morgan fingerprint density at radius 3 is 2.10 bits per heavy atom. The molecule has 0 radical (unpaired) electrons. The summed E-state index contributed by atoms with van der Waals surface area (Å²) in [5, 5.41) is 0. The molecule has 0 spiro atoms. The van der Waals surface area contributed by atoms with Crippen molar-refractivity contribution in [1.29, 1.82) is 0 Å². The molecule has 0 aliphatic rings. The van der Waals surface area contributed by atoms with Crippen molar-refractivity contribution in [2.45, 2.75) is 85.8 Å². The highest BCUT2D eigenvalue weighted by molar-refractivity contribution is 5.84. The van der Waals surface area contributed by atoms with Crippen LogP contribution in [0.2, 0.25) is 0 Å². The Bertz CT molecular complexity index is 331. The number of ether oxygens (including phenoxy) is 1. The van der Waals surface area contributed by atoms with E-state index in [1.165, 1.54) is 0 Å². The maximum absolute atomic E-state index is 12.4. The average molecular weight is 299 g/mol. The maximum atomic E-state index is 12.4. The normalized spacial score (nSPS) is 13.1. The highest BCUT2D eigenvalue weighted by Crippen LogP contribution is 2.15. The lowest BCUT2D eigenvalue weighted by molar-refractivity contribution is -0.164. The summed E-state index contributed by atoms with van der Waals surface area (Å²) >= 11 is 0. The van der Waals surface area contributed by atoms with Crippen LogP contribution in [-0.2, 0) is 14.3 Å². The molecule has 0 saturated carbocycles. The molecule has 4 nitrogen and oxygen atoms in total. The second-order valence-corrected chi connectivity index (χ2v) is 7.11. The Kier molecular flexibility index (Phi) is 8.60. The number of hydrogen-bond donors (Lipinski definition) is 0. The number of amides is 1. The second kappa shape index (κ2) is 9.06. The van der Waals surface area contributed by atoms with E-state index < -0.39 is 11.6 Å². The van der Waals surface area contributed by atoms with E-state index in [1.807, 2.05) is 34.6 Å². The van der Waals surface area contributed by atoms with Gasteiger partial charge in [0.05, 0.1) is 0 Å². The third-order valence-corrected chi connectivity index (χ3v) is 3.09. The average Bonchev–Trinajstić information content (AvgIpc) is 2.32. The minimum Gasteiger partial charge on any atom is -0.458 e. The molecule has 0 aliphatic heterocycles. The lowest BCUT2D eigenvalue weighted by Gasteiger charge is -2.31. The van der Waals surface area contributed by atoms with E-state index in [-0.39, 0.29) is 11.9 Å². The largest absolute Gasteiger partial charge is 0.458 e. The lowest BCUT2D eigenvalue weighted by atomic mass is 10.1. The zero-order valence-electron chi connectivity index (χ0n) is 14.9. The van der Waals surface area contributed by atoms with Crippen molar-refractivity contribution in [3.8, 4) is 0 Å². The van der Waals surface area contributed by atoms with Crippen LogP contribution in [0.5, 0.6) is 0 Å². The Morgan fingerprint density at radius 1 is 1.10 bits per heavy atom. The van der Waals surface area contributed by atoms with Crippen molar-refractivity contribution in [3.63, 3.8) is 0 Å². The van der Waals surface area contributed by atoms with Crippen molar-refractivity contribution in [1.82, 2.24) is 4.90 Å². The molecule has 1 atom stereocenters. The second-order valence-electron chi connectivity index (χ2n) is 7.11. The zero-order chi connectivity index (χ0) is 16.6. The molecule has 0 aromatic heterocycles. The van der Waals surface area contributed by atoms with Gasteiger partial charge in [0.15, 0.2) is 0 Å². The highest BCUT2D eigenvalue weighted by atomic mass is 16.6. The molecule has 0 fully saturated rings. The lowest BCUT2D eigenvalue weighted by Crippen LogP contribution is -2.47. The van der Waals surface area contributed by atoms with Crippen LogP contribution < -0.4 is 0 Å². The van der Waals surface area contributed by atoms with Gasteiger partial charge < -0.3 is 9.64 Å². The van der Waals surface area contributed by atoms with Crippen LogP contribution in [0.15, 0.2) is 0 Å². The van der Waals surface area contributed by atoms with Gasteiger partial charge in [0, 0.05) is 13.0 Å². The predicted octanol–water partition coefficient (Wildman–Crippen LogP) is 3.78. The summed E-state index contributed by atoms with van der Waals surface area (Å²) in [5.41, 5.74) is -0.528. The fraction of sp³-hybridized carbons (Fsp3) is 0.882. The molecule has 0 aliphatic carbocycles. The van der Waals surface area contributed by atoms with E-state index in [9.17, 15) is 9.59 Å². The van der Waals surface area contributed by atoms with Gasteiger partial charge in [0.25, 0.3) is 0 Å². The van der Waals surface area contributed by atoms with Crippen LogP contribution >= 0.6 is 0 Å². The van der Waals surface area contributed by atoms with Gasteiger partial charge in [-0.25, -0.2) is 4.79 Å². The SMILES string of the molecule is CCCCCC(=O)N(CC(C)C)C(C)C(=O)OC(C)(C)C. The molecular weight excluding hydrogens is 266 g/mol. The molecule has 0 aromatic carbocycles. The van der Waals surface area contributed by atoms with Crippen molar-refractivity contribution in [2.24, 2.45) is 5.92 Å². The first-order valence-corrected chi connectivity index (χ1v) is 8.10. The van der Waals surface area contributed by atoms with Crippen molar-refractivity contribution >= 4 is 11.9 Å². The number of unbranched alkanes of at least 4 members (excludes halogenated alkanes) is 2. The standard InChI is InChI=1S/C17H33NO3/c1-8-9-10-11-15(19)18(12-13(2)3)14(4)16(20)21-17(5,6)7/h13-14H,8-12H2,1-7H3. The van der Waals surface area contributed by atoms with Gasteiger partial charge in [-0.1, -0.05) is 33.6 Å². The summed E-state index contributed by atoms with van der Waals surface area (Å²) in [4.78, 5) is 26.3. The Labute approximate surface area is 130 Å². The Balaban J connectivity index is 4.79. The molecule has 0 heterocycles. The van der Waals surface area contributed by atoms with Gasteiger partial charge in [-0.15, -0.1) is 0 Å². The molecule has 0 bridgehead atoms. The minimum absolute atomic E-state index is 0.0514. The third-order valence-electron chi connectivity index (χ3n) is 3.09. The van der Waals surface area contributed by atoms with Crippen LogP contribution in [0, 0.1) is 5.92 Å². The number of hydrogen-bond acceptors (Lipinski definition) is 3. The van der Waals surface area contributed by atoms with Gasteiger partial charge >= 0.3 is 5.97 Å². The fourth-order valence-electron chi connectivity index (χ4n) is 2.05. The van der Waals surface area contributed by atoms with Gasteiger partial charge in [-0.3, -0.25) is 4.79 Å². The van der Waals surface area contributed by atoms with E-state index in [1.54, 1.807) is 11.8 Å². The molecule has 0 rings (SSSR count). The smallest absolute Gasteiger partial charge is 0.329 e. The Morgan fingerprint density at radius 2 is 1.67 bits per heavy atom. The van der Waals surface area contributed by atoms with Gasteiger partial charge in [0.1, 0.15) is 11.6 Å². The molecule has 124 valence electrons. The van der Waals surface area contributed by atoms with Crippen LogP contribution in [0.3, 0.4) is 0 Å². The topological polar surface area (TPSA) is 46.6 Å². The summed E-state index contributed by atoms with van der Waals surface area (Å²) < 4.78 is 5.41. The monoisotopic (exact) mass is 299 g/mol. The Hall–Kier alpha value is -1.06. The summed E-state index contributed by atoms with van der Waals surface area (Å²) in [6.07, 6.45) is 3.51. The van der Waals surface area contributed by atoms with Crippen LogP contribution in [0.1, 0.15) is 74.1 Å². The number of esters is 1. The van der Waals surface area contributed by atoms with E-state index in [0.29, 0.717) is 18.9 Å². The van der Waals surface area contributed by atoms with Crippen LogP contribution in [-0.4, -0.2) is 35.0 Å². The van der Waals surface area contributed by atoms with Gasteiger partial charge in [-0.2, -0.15) is 0 Å². The molecule has 1 unspecified atom stereocenters. The van der Waals surface area contributed by atoms with Crippen LogP contribution in [0.25, 0.3) is 0 Å². The molecule has 0 saturated heterocycles. The predicted molar refractivity (Wildman–Crippen MR) is 86.0 cm³/mol. The molecule has 0 N–H and O–H groups in total. The summed E-state index contributed by atoms with van der Waals surface area (Å²) in [6, 6.07) is -0.527. The molecule has 0 aromatic rings. The first kappa shape index (κ1) is 19.9. The number of carbonyl (C=O) groups excluding carboxylic acids is 2. The first-order valence-electron chi connectivity index (χ1n) is 8.10. The van der Waals surface area contributed by atoms with Crippen LogP contribution in [0.4, 0.5) is 0 Å². The fourth-order valence-corrected chi connectivity index (χ4v) is 2.05. The molecular formula is C17H33NO3. The van der Waals surface area contributed by atoms with E-state index in [2.05, 4.69) is 6.92 Å². The van der Waals surface area contributed by atoms with Crippen molar-refractivity contribution in [2.75, 3.05) is 6.54 Å². The number of rotatable bonds is 8. The van der Waals surface area contributed by atoms with E-state index in [0.717, 1.165) is 19.3 Å². The molecule has 4 heteroatoms. The van der Waals surface area contributed by atoms with E-state index in [4.69, 9.17) is 4.74 Å². The van der Waals surface area contributed by atoms with Gasteiger partial charge in [0.2, 0.25) is 5.91 Å². The quantitative estimate of drug-likeness (QED) is 0.506. The summed E-state index contributed by atoms with van der Waals surface area (Å²) in [7, 11) is 0.